The lowest BCUT2D eigenvalue weighted by Crippen LogP contribution is -2.41. The third-order valence-electron chi connectivity index (χ3n) is 5.60. The molecular formula is C20H24BF3N2O4S. The van der Waals surface area contributed by atoms with E-state index in [1.165, 1.54) is 37.4 Å². The Morgan fingerprint density at radius 2 is 1.48 bits per heavy atom. The van der Waals surface area contributed by atoms with Gasteiger partial charge >= 0.3 is 13.3 Å². The lowest BCUT2D eigenvalue weighted by Gasteiger charge is -2.32. The largest absolute Gasteiger partial charge is 0.497 e. The molecule has 2 aromatic rings. The van der Waals surface area contributed by atoms with Gasteiger partial charge < -0.3 is 14.6 Å². The Bertz CT molecular complexity index is 1050. The number of hydrogen-bond acceptors (Lipinski definition) is 5. The summed E-state index contributed by atoms with van der Waals surface area (Å²) >= 11 is 0. The van der Waals surface area contributed by atoms with Crippen molar-refractivity contribution in [2.45, 2.75) is 50.0 Å². The maximum atomic E-state index is 12.8. The number of anilines is 2. The Morgan fingerprint density at radius 1 is 0.935 bits per heavy atom. The van der Waals surface area contributed by atoms with Gasteiger partial charge in [-0.15, -0.1) is 0 Å². The number of halogens is 3. The highest BCUT2D eigenvalue weighted by Gasteiger charge is 2.52. The fraction of sp³-hybridized carbons (Fsp3) is 0.400. The average Bonchev–Trinajstić information content (AvgIpc) is 2.89. The van der Waals surface area contributed by atoms with Crippen molar-refractivity contribution in [2.75, 3.05) is 12.4 Å². The quantitative estimate of drug-likeness (QED) is 0.672. The van der Waals surface area contributed by atoms with Gasteiger partial charge in [-0.1, -0.05) is 0 Å². The van der Waals surface area contributed by atoms with Gasteiger partial charge in [0.05, 0.1) is 21.7 Å². The van der Waals surface area contributed by atoms with Gasteiger partial charge in [0.25, 0.3) is 0 Å². The molecule has 2 aromatic carbocycles. The van der Waals surface area contributed by atoms with E-state index in [4.69, 9.17) is 9.31 Å². The van der Waals surface area contributed by atoms with Crippen LogP contribution >= 0.6 is 0 Å². The van der Waals surface area contributed by atoms with Crippen molar-refractivity contribution < 1.29 is 30.9 Å². The molecule has 1 fully saturated rings. The summed E-state index contributed by atoms with van der Waals surface area (Å²) in [7, 11) is -3.31. The summed E-state index contributed by atoms with van der Waals surface area (Å²) in [5, 5.41) is 3.04. The third kappa shape index (κ3) is 4.74. The third-order valence-corrected chi connectivity index (χ3v) is 7.01. The van der Waals surface area contributed by atoms with Crippen molar-refractivity contribution >= 4 is 34.0 Å². The predicted octanol–water partition coefficient (Wildman–Crippen LogP) is 3.66. The summed E-state index contributed by atoms with van der Waals surface area (Å²) in [6.07, 6.45) is -4.43. The number of nitrogens with one attached hydrogen (secondary N) is 2. The first-order valence-electron chi connectivity index (χ1n) is 9.54. The Kier molecular flexibility index (Phi) is 5.94. The van der Waals surface area contributed by atoms with E-state index in [1.807, 2.05) is 27.7 Å². The van der Waals surface area contributed by atoms with Crippen molar-refractivity contribution in [3.05, 3.63) is 48.0 Å². The van der Waals surface area contributed by atoms with Gasteiger partial charge in [-0.25, -0.2) is 13.1 Å². The highest BCUT2D eigenvalue weighted by molar-refractivity contribution is 7.89. The lowest BCUT2D eigenvalue weighted by molar-refractivity contribution is -0.137. The molecule has 0 bridgehead atoms. The molecule has 11 heteroatoms. The molecule has 0 unspecified atom stereocenters. The lowest BCUT2D eigenvalue weighted by atomic mass is 9.77. The van der Waals surface area contributed by atoms with E-state index < -0.39 is 40.1 Å². The van der Waals surface area contributed by atoms with Gasteiger partial charge in [0.2, 0.25) is 10.0 Å². The molecular weight excluding hydrogens is 432 g/mol. The number of hydrogen-bond donors (Lipinski definition) is 2. The maximum absolute atomic E-state index is 12.8. The summed E-state index contributed by atoms with van der Waals surface area (Å²) in [4.78, 5) is 0.0117. The highest BCUT2D eigenvalue weighted by Crippen LogP contribution is 2.37. The molecule has 0 amide bonds. The molecule has 6 nitrogen and oxygen atoms in total. The van der Waals surface area contributed by atoms with Crippen LogP contribution in [0.2, 0.25) is 0 Å². The van der Waals surface area contributed by atoms with E-state index in [9.17, 15) is 21.6 Å². The van der Waals surface area contributed by atoms with Gasteiger partial charge in [-0.3, -0.25) is 0 Å². The first-order valence-corrected chi connectivity index (χ1v) is 11.0. The summed E-state index contributed by atoms with van der Waals surface area (Å²) < 4.78 is 77.5. The van der Waals surface area contributed by atoms with Crippen LogP contribution in [-0.2, 0) is 25.5 Å². The molecule has 0 aliphatic carbocycles. The second-order valence-corrected chi connectivity index (χ2v) is 10.1. The predicted molar refractivity (Wildman–Crippen MR) is 113 cm³/mol. The van der Waals surface area contributed by atoms with Crippen molar-refractivity contribution in [3.8, 4) is 0 Å². The molecule has 168 valence electrons. The normalized spacial score (nSPS) is 18.3. The Labute approximate surface area is 180 Å². The smallest absolute Gasteiger partial charge is 0.399 e. The second-order valence-electron chi connectivity index (χ2n) is 8.24. The van der Waals surface area contributed by atoms with Gasteiger partial charge in [0.15, 0.2) is 0 Å². The summed E-state index contributed by atoms with van der Waals surface area (Å²) in [6, 6.07) is 8.90. The molecule has 0 radical (unpaired) electrons. The number of sulfonamides is 1. The van der Waals surface area contributed by atoms with Crippen LogP contribution in [-0.4, -0.2) is 33.8 Å². The van der Waals surface area contributed by atoms with Crippen LogP contribution in [0.1, 0.15) is 33.3 Å². The molecule has 1 heterocycles. The second kappa shape index (κ2) is 7.81. The van der Waals surface area contributed by atoms with Gasteiger partial charge in [-0.05, 0) is 77.2 Å². The fourth-order valence-corrected chi connectivity index (χ4v) is 3.77. The monoisotopic (exact) mass is 456 g/mol. The summed E-state index contributed by atoms with van der Waals surface area (Å²) in [5.74, 6) is 0. The van der Waals surface area contributed by atoms with E-state index in [0.717, 1.165) is 12.1 Å². The van der Waals surface area contributed by atoms with Crippen LogP contribution < -0.4 is 15.5 Å². The molecule has 1 aliphatic heterocycles. The SMILES string of the molecule is CNS(=O)(=O)c1ccc(Nc2ccc(C(F)(F)F)cc2)c(B2OC(C)(C)C(C)(C)O2)c1. The summed E-state index contributed by atoms with van der Waals surface area (Å²) in [5.41, 5.74) is -0.833. The van der Waals surface area contributed by atoms with Crippen molar-refractivity contribution in [1.82, 2.24) is 4.72 Å². The number of alkyl halides is 3. The van der Waals surface area contributed by atoms with Crippen molar-refractivity contribution in [3.63, 3.8) is 0 Å². The zero-order valence-corrected chi connectivity index (χ0v) is 18.6. The average molecular weight is 456 g/mol. The Hall–Kier alpha value is -2.08. The molecule has 31 heavy (non-hydrogen) atoms. The van der Waals surface area contributed by atoms with Crippen molar-refractivity contribution in [2.24, 2.45) is 0 Å². The van der Waals surface area contributed by atoms with Crippen molar-refractivity contribution in [1.29, 1.82) is 0 Å². The zero-order valence-electron chi connectivity index (χ0n) is 17.8. The van der Waals surface area contributed by atoms with Gasteiger partial charge in [0.1, 0.15) is 0 Å². The minimum Gasteiger partial charge on any atom is -0.399 e. The van der Waals surface area contributed by atoms with Crippen LogP contribution in [0.4, 0.5) is 24.5 Å². The summed E-state index contributed by atoms with van der Waals surface area (Å²) in [6.45, 7) is 7.46. The van der Waals surface area contributed by atoms with Crippen LogP contribution in [0.25, 0.3) is 0 Å². The molecule has 0 atom stereocenters. The number of benzene rings is 2. The van der Waals surface area contributed by atoms with E-state index in [1.54, 1.807) is 0 Å². The van der Waals surface area contributed by atoms with Gasteiger partial charge in [0, 0.05) is 16.8 Å². The number of rotatable bonds is 5. The molecule has 1 aliphatic rings. The van der Waals surface area contributed by atoms with Gasteiger partial charge in [-0.2, -0.15) is 13.2 Å². The highest BCUT2D eigenvalue weighted by atomic mass is 32.2. The fourth-order valence-electron chi connectivity index (χ4n) is 3.00. The molecule has 0 spiro atoms. The van der Waals surface area contributed by atoms with Crippen LogP contribution in [0.15, 0.2) is 47.4 Å². The molecule has 3 rings (SSSR count). The maximum Gasteiger partial charge on any atom is 0.497 e. The van der Waals surface area contributed by atoms with E-state index >= 15 is 0 Å². The minimum atomic E-state index is -4.43. The zero-order chi connectivity index (χ0) is 23.2. The molecule has 0 aromatic heterocycles. The Morgan fingerprint density at radius 3 is 1.97 bits per heavy atom. The standard InChI is InChI=1S/C20H24BF3N2O4S/c1-18(2)19(3,4)30-21(29-18)16-12-15(31(27,28)25-5)10-11-17(16)26-14-8-6-13(7-9-14)20(22,23)24/h6-12,25-26H,1-5H3. The molecule has 1 saturated heterocycles. The van der Waals surface area contributed by atoms with Crippen LogP contribution in [0.5, 0.6) is 0 Å². The minimum absolute atomic E-state index is 0.0117. The van der Waals surface area contributed by atoms with E-state index in [2.05, 4.69) is 10.0 Å². The Balaban J connectivity index is 2.02. The molecule has 0 saturated carbocycles. The first-order chi connectivity index (χ1) is 14.2. The topological polar surface area (TPSA) is 76.7 Å². The van der Waals surface area contributed by atoms with E-state index in [0.29, 0.717) is 16.8 Å². The van der Waals surface area contributed by atoms with E-state index in [-0.39, 0.29) is 4.90 Å². The molecule has 2 N–H and O–H groups in total. The van der Waals surface area contributed by atoms with Crippen LogP contribution in [0, 0.1) is 0 Å². The first kappa shape index (κ1) is 23.6. The van der Waals surface area contributed by atoms with Crippen LogP contribution in [0.3, 0.4) is 0 Å².